The highest BCUT2D eigenvalue weighted by atomic mass is 19.1. The molecular weight excluding hydrogens is 335 g/mol. The van der Waals surface area contributed by atoms with Crippen LogP contribution < -0.4 is 4.74 Å². The molecule has 2 heterocycles. The van der Waals surface area contributed by atoms with Crippen LogP contribution in [0.3, 0.4) is 0 Å². The Labute approximate surface area is 151 Å². The average molecular weight is 356 g/mol. The molecule has 1 aromatic heterocycles. The van der Waals surface area contributed by atoms with Gasteiger partial charge in [0.15, 0.2) is 11.6 Å². The molecule has 26 heavy (non-hydrogen) atoms. The molecule has 0 spiro atoms. The highest BCUT2D eigenvalue weighted by Gasteiger charge is 2.25. The third kappa shape index (κ3) is 3.43. The Hall–Kier alpha value is -2.44. The Bertz CT molecular complexity index is 890. The number of para-hydroxylation sites is 3. The molecule has 3 aromatic rings. The molecule has 136 valence electrons. The monoisotopic (exact) mass is 356 g/mol. The van der Waals surface area contributed by atoms with Gasteiger partial charge in [0.05, 0.1) is 17.6 Å². The quantitative estimate of drug-likeness (QED) is 0.735. The molecule has 1 aliphatic heterocycles. The van der Waals surface area contributed by atoms with Gasteiger partial charge in [0, 0.05) is 6.61 Å². The lowest BCUT2D eigenvalue weighted by molar-refractivity contribution is 0.0794. The summed E-state index contributed by atoms with van der Waals surface area (Å²) in [6.45, 7) is 1.04. The van der Waals surface area contributed by atoms with Crippen molar-refractivity contribution >= 4 is 11.0 Å². The van der Waals surface area contributed by atoms with Crippen molar-refractivity contribution in [3.05, 3.63) is 60.2 Å². The Morgan fingerprint density at radius 1 is 1.23 bits per heavy atom. The summed E-state index contributed by atoms with van der Waals surface area (Å²) < 4.78 is 26.9. The SMILES string of the molecule is OC(COc1ccccc1F)Cn1c(C2CCCO2)nc2ccccc21. The van der Waals surface area contributed by atoms with E-state index in [0.29, 0.717) is 6.54 Å². The van der Waals surface area contributed by atoms with Crippen LogP contribution in [0.4, 0.5) is 4.39 Å². The Morgan fingerprint density at radius 2 is 2.04 bits per heavy atom. The molecule has 0 aliphatic carbocycles. The third-order valence-electron chi connectivity index (χ3n) is 4.56. The van der Waals surface area contributed by atoms with Crippen LogP contribution in [0.1, 0.15) is 24.8 Å². The Morgan fingerprint density at radius 3 is 2.85 bits per heavy atom. The van der Waals surface area contributed by atoms with E-state index in [1.165, 1.54) is 6.07 Å². The van der Waals surface area contributed by atoms with E-state index in [1.807, 2.05) is 28.8 Å². The number of benzene rings is 2. The molecule has 5 nitrogen and oxygen atoms in total. The van der Waals surface area contributed by atoms with Crippen molar-refractivity contribution < 1.29 is 19.0 Å². The second kappa shape index (κ2) is 7.43. The molecule has 0 saturated carbocycles. The summed E-state index contributed by atoms with van der Waals surface area (Å²) in [5.41, 5.74) is 1.82. The number of aliphatic hydroxyl groups excluding tert-OH is 1. The van der Waals surface area contributed by atoms with Crippen molar-refractivity contribution in [1.82, 2.24) is 9.55 Å². The molecule has 2 atom stereocenters. The van der Waals surface area contributed by atoms with Crippen LogP contribution >= 0.6 is 0 Å². The summed E-state index contributed by atoms with van der Waals surface area (Å²) in [4.78, 5) is 4.71. The van der Waals surface area contributed by atoms with E-state index in [9.17, 15) is 9.50 Å². The second-order valence-corrected chi connectivity index (χ2v) is 6.47. The second-order valence-electron chi connectivity index (χ2n) is 6.47. The van der Waals surface area contributed by atoms with Gasteiger partial charge in [-0.25, -0.2) is 9.37 Å². The van der Waals surface area contributed by atoms with Crippen LogP contribution in [0.25, 0.3) is 11.0 Å². The zero-order valence-corrected chi connectivity index (χ0v) is 14.3. The summed E-state index contributed by atoms with van der Waals surface area (Å²) in [7, 11) is 0. The predicted molar refractivity (Wildman–Crippen MR) is 95.6 cm³/mol. The van der Waals surface area contributed by atoms with Crippen molar-refractivity contribution in [2.75, 3.05) is 13.2 Å². The van der Waals surface area contributed by atoms with E-state index < -0.39 is 11.9 Å². The largest absolute Gasteiger partial charge is 0.488 e. The lowest BCUT2D eigenvalue weighted by Crippen LogP contribution is -2.25. The number of rotatable bonds is 6. The summed E-state index contributed by atoms with van der Waals surface area (Å²) >= 11 is 0. The van der Waals surface area contributed by atoms with Gasteiger partial charge in [0.2, 0.25) is 0 Å². The van der Waals surface area contributed by atoms with E-state index in [2.05, 4.69) is 0 Å². The maximum absolute atomic E-state index is 13.7. The van der Waals surface area contributed by atoms with Gasteiger partial charge >= 0.3 is 0 Å². The molecule has 1 fully saturated rings. The molecule has 1 aliphatic rings. The number of aromatic nitrogens is 2. The number of fused-ring (bicyclic) bond motifs is 1. The van der Waals surface area contributed by atoms with Crippen molar-refractivity contribution in [2.45, 2.75) is 31.6 Å². The first-order valence-electron chi connectivity index (χ1n) is 8.84. The number of nitrogens with zero attached hydrogens (tertiary/aromatic N) is 2. The first-order chi connectivity index (χ1) is 12.7. The number of ether oxygens (including phenoxy) is 2. The van der Waals surface area contributed by atoms with Crippen molar-refractivity contribution in [3.8, 4) is 5.75 Å². The standard InChI is InChI=1S/C20H21FN2O3/c21-15-6-1-4-9-18(15)26-13-14(24)12-23-17-8-3-2-7-16(17)22-20(23)19-10-5-11-25-19/h1-4,6-9,14,19,24H,5,10-13H2. The molecule has 4 rings (SSSR count). The highest BCUT2D eigenvalue weighted by molar-refractivity contribution is 5.76. The van der Waals surface area contributed by atoms with Gasteiger partial charge in [-0.1, -0.05) is 24.3 Å². The molecule has 6 heteroatoms. The van der Waals surface area contributed by atoms with Crippen LogP contribution in [0, 0.1) is 5.82 Å². The maximum Gasteiger partial charge on any atom is 0.165 e. The molecule has 1 saturated heterocycles. The molecule has 0 amide bonds. The number of hydrogen-bond donors (Lipinski definition) is 1. The van der Waals surface area contributed by atoms with E-state index >= 15 is 0 Å². The Kier molecular flexibility index (Phi) is 4.86. The van der Waals surface area contributed by atoms with Crippen molar-refractivity contribution in [1.29, 1.82) is 0 Å². The zero-order chi connectivity index (χ0) is 17.9. The van der Waals surface area contributed by atoms with Gasteiger partial charge in [0.1, 0.15) is 24.6 Å². The van der Waals surface area contributed by atoms with Crippen LogP contribution in [0.5, 0.6) is 5.75 Å². The van der Waals surface area contributed by atoms with Crippen LogP contribution in [0.2, 0.25) is 0 Å². The highest BCUT2D eigenvalue weighted by Crippen LogP contribution is 2.30. The topological polar surface area (TPSA) is 56.5 Å². The average Bonchev–Trinajstić information content (AvgIpc) is 3.29. The summed E-state index contributed by atoms with van der Waals surface area (Å²) in [5.74, 6) is 0.530. The summed E-state index contributed by atoms with van der Waals surface area (Å²) in [6.07, 6.45) is 1.08. The first-order valence-corrected chi connectivity index (χ1v) is 8.84. The molecule has 0 bridgehead atoms. The van der Waals surface area contributed by atoms with Crippen LogP contribution in [-0.2, 0) is 11.3 Å². The maximum atomic E-state index is 13.7. The smallest absolute Gasteiger partial charge is 0.165 e. The molecule has 2 unspecified atom stereocenters. The fourth-order valence-corrected chi connectivity index (χ4v) is 3.32. The first kappa shape index (κ1) is 17.0. The van der Waals surface area contributed by atoms with E-state index in [-0.39, 0.29) is 18.5 Å². The fourth-order valence-electron chi connectivity index (χ4n) is 3.32. The molecular formula is C20H21FN2O3. The molecule has 0 radical (unpaired) electrons. The number of aliphatic hydroxyl groups is 1. The van der Waals surface area contributed by atoms with E-state index in [4.69, 9.17) is 14.5 Å². The lowest BCUT2D eigenvalue weighted by atomic mass is 10.2. The third-order valence-corrected chi connectivity index (χ3v) is 4.56. The van der Waals surface area contributed by atoms with Gasteiger partial charge in [-0.2, -0.15) is 0 Å². The van der Waals surface area contributed by atoms with Gasteiger partial charge in [0.25, 0.3) is 0 Å². The predicted octanol–water partition coefficient (Wildman–Crippen LogP) is 3.47. The molecule has 2 aromatic carbocycles. The van der Waals surface area contributed by atoms with E-state index in [1.54, 1.807) is 18.2 Å². The molecule has 1 N–H and O–H groups in total. The summed E-state index contributed by atoms with van der Waals surface area (Å²) in [6, 6.07) is 14.0. The summed E-state index contributed by atoms with van der Waals surface area (Å²) in [5, 5.41) is 10.5. The zero-order valence-electron chi connectivity index (χ0n) is 14.3. The van der Waals surface area contributed by atoms with Crippen LogP contribution in [-0.4, -0.2) is 34.0 Å². The van der Waals surface area contributed by atoms with Gasteiger partial charge in [-0.3, -0.25) is 0 Å². The van der Waals surface area contributed by atoms with Gasteiger partial charge in [-0.15, -0.1) is 0 Å². The minimum Gasteiger partial charge on any atom is -0.488 e. The lowest BCUT2D eigenvalue weighted by Gasteiger charge is -2.18. The van der Waals surface area contributed by atoms with Crippen LogP contribution in [0.15, 0.2) is 48.5 Å². The van der Waals surface area contributed by atoms with E-state index in [0.717, 1.165) is 36.3 Å². The number of halogens is 1. The van der Waals surface area contributed by atoms with Gasteiger partial charge < -0.3 is 19.1 Å². The van der Waals surface area contributed by atoms with Gasteiger partial charge in [-0.05, 0) is 37.1 Å². The fraction of sp³-hybridized carbons (Fsp3) is 0.350. The minimum atomic E-state index is -0.799. The van der Waals surface area contributed by atoms with Crippen molar-refractivity contribution in [2.24, 2.45) is 0 Å². The normalized spacial score (nSPS) is 18.3. The van der Waals surface area contributed by atoms with Crippen molar-refractivity contribution in [3.63, 3.8) is 0 Å². The minimum absolute atomic E-state index is 0.00158. The Balaban J connectivity index is 1.53. The number of hydrogen-bond acceptors (Lipinski definition) is 4. The number of imidazole rings is 1.